The summed E-state index contributed by atoms with van der Waals surface area (Å²) in [5, 5.41) is 9.27. The van der Waals surface area contributed by atoms with E-state index in [2.05, 4.69) is 0 Å². The monoisotopic (exact) mass is 255 g/mol. The highest BCUT2D eigenvalue weighted by Gasteiger charge is 2.22. The van der Waals surface area contributed by atoms with Crippen LogP contribution < -0.4 is 5.73 Å². The highest BCUT2D eigenvalue weighted by molar-refractivity contribution is 5.85. The Morgan fingerprint density at radius 3 is 2.38 bits per heavy atom. The Balaban J connectivity index is 0.00000225. The highest BCUT2D eigenvalue weighted by atomic mass is 35.5. The van der Waals surface area contributed by atoms with Crippen LogP contribution in [0, 0.1) is 17.5 Å². The maximum absolute atomic E-state index is 13.2. The van der Waals surface area contributed by atoms with Crippen molar-refractivity contribution in [1.82, 2.24) is 0 Å². The summed E-state index contributed by atoms with van der Waals surface area (Å²) >= 11 is 0. The number of phenols is 1. The van der Waals surface area contributed by atoms with Gasteiger partial charge in [0.2, 0.25) is 0 Å². The van der Waals surface area contributed by atoms with Gasteiger partial charge in [0, 0.05) is 17.7 Å². The number of halogens is 4. The molecule has 0 aliphatic heterocycles. The normalized spacial score (nSPS) is 12.1. The molecule has 3 N–H and O–H groups in total. The molecule has 0 unspecified atom stereocenters. The molecule has 0 amide bonds. The molecule has 2 nitrogen and oxygen atoms in total. The SMILES string of the molecule is CCC[C@@H](N)c1c(O)cc(F)c(F)c1F.Cl. The number of benzene rings is 1. The van der Waals surface area contributed by atoms with Crippen molar-refractivity contribution in [2.75, 3.05) is 0 Å². The molecule has 0 radical (unpaired) electrons. The maximum atomic E-state index is 13.2. The first kappa shape index (κ1) is 15.1. The molecular formula is C10H13ClF3NO. The van der Waals surface area contributed by atoms with Gasteiger partial charge in [-0.1, -0.05) is 13.3 Å². The van der Waals surface area contributed by atoms with Gasteiger partial charge in [-0.3, -0.25) is 0 Å². The summed E-state index contributed by atoms with van der Waals surface area (Å²) < 4.78 is 38.8. The average molecular weight is 256 g/mol. The largest absolute Gasteiger partial charge is 0.507 e. The van der Waals surface area contributed by atoms with Crippen LogP contribution in [-0.2, 0) is 0 Å². The van der Waals surface area contributed by atoms with E-state index >= 15 is 0 Å². The molecule has 0 bridgehead atoms. The number of aromatic hydroxyl groups is 1. The van der Waals surface area contributed by atoms with Gasteiger partial charge in [-0.25, -0.2) is 13.2 Å². The standard InChI is InChI=1S/C10H12F3NO.ClH/c1-2-3-6(14)8-7(15)4-5(11)9(12)10(8)13;/h4,6,15H,2-3,14H2,1H3;1H/t6-;/m1./s1. The third-order valence-electron chi connectivity index (χ3n) is 2.15. The van der Waals surface area contributed by atoms with Gasteiger partial charge in [-0.05, 0) is 6.42 Å². The van der Waals surface area contributed by atoms with Gasteiger partial charge in [-0.15, -0.1) is 12.4 Å². The quantitative estimate of drug-likeness (QED) is 0.816. The molecule has 0 fully saturated rings. The molecule has 0 aliphatic carbocycles. The van der Waals surface area contributed by atoms with Gasteiger partial charge in [0.15, 0.2) is 17.5 Å². The molecule has 0 saturated heterocycles. The topological polar surface area (TPSA) is 46.2 Å². The lowest BCUT2D eigenvalue weighted by Gasteiger charge is -2.14. The minimum atomic E-state index is -1.60. The molecule has 0 saturated carbocycles. The van der Waals surface area contributed by atoms with Crippen LogP contribution in [0.2, 0.25) is 0 Å². The molecule has 16 heavy (non-hydrogen) atoms. The van der Waals surface area contributed by atoms with Crippen molar-refractivity contribution in [3.63, 3.8) is 0 Å². The Morgan fingerprint density at radius 2 is 1.88 bits per heavy atom. The van der Waals surface area contributed by atoms with E-state index in [4.69, 9.17) is 5.73 Å². The van der Waals surface area contributed by atoms with Crippen LogP contribution in [0.25, 0.3) is 0 Å². The van der Waals surface area contributed by atoms with Gasteiger partial charge in [0.1, 0.15) is 5.75 Å². The predicted molar refractivity (Wildman–Crippen MR) is 57.1 cm³/mol. The first-order valence-corrected chi connectivity index (χ1v) is 4.61. The first-order chi connectivity index (χ1) is 6.99. The van der Waals surface area contributed by atoms with Crippen molar-refractivity contribution in [2.45, 2.75) is 25.8 Å². The van der Waals surface area contributed by atoms with Crippen molar-refractivity contribution in [3.8, 4) is 5.75 Å². The average Bonchev–Trinajstić information content (AvgIpc) is 2.15. The van der Waals surface area contributed by atoms with Crippen LogP contribution in [-0.4, -0.2) is 5.11 Å². The Kier molecular flexibility index (Phi) is 5.61. The molecule has 92 valence electrons. The Labute approximate surface area is 97.7 Å². The van der Waals surface area contributed by atoms with E-state index in [1.54, 1.807) is 0 Å². The van der Waals surface area contributed by atoms with E-state index in [0.717, 1.165) is 0 Å². The number of phenolic OH excluding ortho intramolecular Hbond substituents is 1. The molecule has 1 aromatic carbocycles. The van der Waals surface area contributed by atoms with E-state index in [0.29, 0.717) is 18.9 Å². The molecular weight excluding hydrogens is 243 g/mol. The van der Waals surface area contributed by atoms with Crippen molar-refractivity contribution in [2.24, 2.45) is 5.73 Å². The molecule has 1 atom stereocenters. The van der Waals surface area contributed by atoms with Crippen LogP contribution in [0.3, 0.4) is 0 Å². The van der Waals surface area contributed by atoms with Crippen LogP contribution >= 0.6 is 12.4 Å². The van der Waals surface area contributed by atoms with Gasteiger partial charge in [0.05, 0.1) is 0 Å². The summed E-state index contributed by atoms with van der Waals surface area (Å²) in [7, 11) is 0. The van der Waals surface area contributed by atoms with Crippen molar-refractivity contribution >= 4 is 12.4 Å². The minimum Gasteiger partial charge on any atom is -0.507 e. The fourth-order valence-electron chi connectivity index (χ4n) is 1.40. The van der Waals surface area contributed by atoms with Gasteiger partial charge >= 0.3 is 0 Å². The Hall–Kier alpha value is -0.940. The Bertz CT molecular complexity index is 374. The highest BCUT2D eigenvalue weighted by Crippen LogP contribution is 2.31. The lowest BCUT2D eigenvalue weighted by atomic mass is 10.0. The Morgan fingerprint density at radius 1 is 1.31 bits per heavy atom. The molecule has 0 aromatic heterocycles. The lowest BCUT2D eigenvalue weighted by Crippen LogP contribution is -2.13. The summed E-state index contributed by atoms with van der Waals surface area (Å²) in [4.78, 5) is 0. The summed E-state index contributed by atoms with van der Waals surface area (Å²) in [6, 6.07) is -0.298. The van der Waals surface area contributed by atoms with Crippen LogP contribution in [0.1, 0.15) is 31.4 Å². The fraction of sp³-hybridized carbons (Fsp3) is 0.400. The van der Waals surface area contributed by atoms with E-state index < -0.39 is 29.2 Å². The van der Waals surface area contributed by atoms with E-state index in [1.807, 2.05) is 6.92 Å². The predicted octanol–water partition coefficient (Wildman–Crippen LogP) is 3.03. The van der Waals surface area contributed by atoms with Crippen molar-refractivity contribution in [3.05, 3.63) is 29.1 Å². The third kappa shape index (κ3) is 2.80. The number of nitrogens with two attached hydrogens (primary N) is 1. The third-order valence-corrected chi connectivity index (χ3v) is 2.15. The summed E-state index contributed by atoms with van der Waals surface area (Å²) in [5.41, 5.74) is 5.17. The second kappa shape index (κ2) is 5.96. The molecule has 6 heteroatoms. The summed E-state index contributed by atoms with van der Waals surface area (Å²) in [6.07, 6.45) is 1.04. The van der Waals surface area contributed by atoms with Crippen LogP contribution in [0.5, 0.6) is 5.75 Å². The second-order valence-electron chi connectivity index (χ2n) is 3.31. The molecule has 0 spiro atoms. The van der Waals surface area contributed by atoms with Gasteiger partial charge in [0.25, 0.3) is 0 Å². The van der Waals surface area contributed by atoms with Crippen LogP contribution in [0.15, 0.2) is 6.07 Å². The summed E-state index contributed by atoms with van der Waals surface area (Å²) in [5.74, 6) is -5.08. The number of hydrogen-bond donors (Lipinski definition) is 2. The molecule has 1 rings (SSSR count). The zero-order valence-electron chi connectivity index (χ0n) is 8.64. The lowest BCUT2D eigenvalue weighted by molar-refractivity contribution is 0.398. The molecule has 1 aromatic rings. The minimum absolute atomic E-state index is 0. The van der Waals surface area contributed by atoms with Crippen LogP contribution in [0.4, 0.5) is 13.2 Å². The first-order valence-electron chi connectivity index (χ1n) is 4.61. The smallest absolute Gasteiger partial charge is 0.195 e. The zero-order chi connectivity index (χ0) is 11.6. The number of hydrogen-bond acceptors (Lipinski definition) is 2. The molecule has 0 aliphatic rings. The van der Waals surface area contributed by atoms with E-state index in [1.165, 1.54) is 0 Å². The van der Waals surface area contributed by atoms with Crippen molar-refractivity contribution < 1.29 is 18.3 Å². The number of rotatable bonds is 3. The zero-order valence-corrected chi connectivity index (χ0v) is 9.45. The molecule has 0 heterocycles. The fourth-order valence-corrected chi connectivity index (χ4v) is 1.40. The maximum Gasteiger partial charge on any atom is 0.195 e. The van der Waals surface area contributed by atoms with Gasteiger partial charge < -0.3 is 10.8 Å². The van der Waals surface area contributed by atoms with Gasteiger partial charge in [-0.2, -0.15) is 0 Å². The summed E-state index contributed by atoms with van der Waals surface area (Å²) in [6.45, 7) is 1.81. The van der Waals surface area contributed by atoms with Crippen molar-refractivity contribution in [1.29, 1.82) is 0 Å². The van der Waals surface area contributed by atoms with E-state index in [-0.39, 0.29) is 18.0 Å². The second-order valence-corrected chi connectivity index (χ2v) is 3.31. The van der Waals surface area contributed by atoms with E-state index in [9.17, 15) is 18.3 Å².